The summed E-state index contributed by atoms with van der Waals surface area (Å²) in [5.41, 5.74) is 2.42. The van der Waals surface area contributed by atoms with E-state index < -0.39 is 0 Å². The Kier molecular flexibility index (Phi) is 5.36. The van der Waals surface area contributed by atoms with E-state index in [-0.39, 0.29) is 22.8 Å². The first-order valence-corrected chi connectivity index (χ1v) is 7.44. The van der Waals surface area contributed by atoms with Gasteiger partial charge in [-0.15, -0.1) is 6.58 Å². The van der Waals surface area contributed by atoms with Crippen LogP contribution in [0.4, 0.5) is 0 Å². The quantitative estimate of drug-likeness (QED) is 0.469. The zero-order valence-electron chi connectivity index (χ0n) is 13.1. The van der Waals surface area contributed by atoms with Gasteiger partial charge in [-0.3, -0.25) is 4.79 Å². The van der Waals surface area contributed by atoms with Gasteiger partial charge in [-0.05, 0) is 43.5 Å². The number of benzene rings is 2. The maximum Gasteiger partial charge on any atom is 0.189 e. The Morgan fingerprint density at radius 3 is 2.48 bits per heavy atom. The average molecular weight is 308 g/mol. The normalized spacial score (nSPS) is 10.8. The highest BCUT2D eigenvalue weighted by molar-refractivity contribution is 6.09. The minimum Gasteiger partial charge on any atom is -0.508 e. The number of hydrogen-bond donors (Lipinski definition) is 2. The summed E-state index contributed by atoms with van der Waals surface area (Å²) >= 11 is 0. The Bertz CT molecular complexity index is 743. The number of carbonyl (C=O) groups is 1. The van der Waals surface area contributed by atoms with Crippen molar-refractivity contribution in [3.05, 3.63) is 77.4 Å². The lowest BCUT2D eigenvalue weighted by Crippen LogP contribution is -1.99. The van der Waals surface area contributed by atoms with Gasteiger partial charge in [0.2, 0.25) is 0 Å². The molecule has 2 rings (SSSR count). The maximum atomic E-state index is 12.3. The van der Waals surface area contributed by atoms with E-state index in [4.69, 9.17) is 0 Å². The van der Waals surface area contributed by atoms with Crippen LogP contribution in [0.2, 0.25) is 0 Å². The number of ketones is 1. The van der Waals surface area contributed by atoms with Gasteiger partial charge in [-0.1, -0.05) is 42.0 Å². The lowest BCUT2D eigenvalue weighted by molar-refractivity contribution is 0.104. The predicted molar refractivity (Wildman–Crippen MR) is 92.7 cm³/mol. The second kappa shape index (κ2) is 7.45. The summed E-state index contributed by atoms with van der Waals surface area (Å²) in [6.45, 7) is 5.69. The van der Waals surface area contributed by atoms with Crippen LogP contribution in [0.25, 0.3) is 6.08 Å². The molecule has 0 amide bonds. The summed E-state index contributed by atoms with van der Waals surface area (Å²) in [6, 6.07) is 12.3. The van der Waals surface area contributed by atoms with E-state index in [2.05, 4.69) is 6.58 Å². The van der Waals surface area contributed by atoms with E-state index in [0.717, 1.165) is 11.1 Å². The number of carbonyl (C=O) groups excluding carboxylic acids is 1. The van der Waals surface area contributed by atoms with Crippen LogP contribution in [-0.4, -0.2) is 16.0 Å². The minimum absolute atomic E-state index is 0.00709. The summed E-state index contributed by atoms with van der Waals surface area (Å²) in [6.07, 6.45) is 4.20. The Labute approximate surface area is 136 Å². The van der Waals surface area contributed by atoms with Crippen molar-refractivity contribution >= 4 is 11.9 Å². The average Bonchev–Trinajstić information content (AvgIpc) is 2.53. The topological polar surface area (TPSA) is 57.5 Å². The van der Waals surface area contributed by atoms with Crippen molar-refractivity contribution in [3.8, 4) is 11.5 Å². The van der Waals surface area contributed by atoms with Crippen LogP contribution in [0.15, 0.2) is 60.7 Å². The Morgan fingerprint density at radius 2 is 1.83 bits per heavy atom. The lowest BCUT2D eigenvalue weighted by atomic mass is 9.99. The van der Waals surface area contributed by atoms with Crippen molar-refractivity contribution in [2.24, 2.45) is 0 Å². The molecular formula is C20H20O3. The van der Waals surface area contributed by atoms with Crippen molar-refractivity contribution in [1.82, 2.24) is 0 Å². The monoisotopic (exact) mass is 308 g/mol. The molecule has 0 aromatic heterocycles. The molecule has 3 nitrogen and oxygen atoms in total. The van der Waals surface area contributed by atoms with Gasteiger partial charge in [-0.2, -0.15) is 0 Å². The van der Waals surface area contributed by atoms with Crippen molar-refractivity contribution < 1.29 is 15.0 Å². The molecule has 0 fully saturated rings. The first-order valence-electron chi connectivity index (χ1n) is 7.44. The molecule has 0 radical (unpaired) electrons. The van der Waals surface area contributed by atoms with Crippen molar-refractivity contribution in [2.45, 2.75) is 19.8 Å². The largest absolute Gasteiger partial charge is 0.508 e. The molecule has 0 bridgehead atoms. The van der Waals surface area contributed by atoms with Gasteiger partial charge >= 0.3 is 0 Å². The maximum absolute atomic E-state index is 12.3. The molecular weight excluding hydrogens is 288 g/mol. The summed E-state index contributed by atoms with van der Waals surface area (Å²) in [5, 5.41) is 20.2. The van der Waals surface area contributed by atoms with Crippen LogP contribution < -0.4 is 0 Å². The zero-order chi connectivity index (χ0) is 16.8. The molecule has 3 heteroatoms. The molecule has 2 N–H and O–H groups in total. The smallest absolute Gasteiger partial charge is 0.189 e. The second-order valence-corrected chi connectivity index (χ2v) is 5.52. The lowest BCUT2D eigenvalue weighted by Gasteiger charge is -2.10. The Morgan fingerprint density at radius 1 is 1.13 bits per heavy atom. The Balaban J connectivity index is 2.25. The zero-order valence-corrected chi connectivity index (χ0v) is 13.1. The fourth-order valence-electron chi connectivity index (χ4n) is 2.24. The Hall–Kier alpha value is -2.81. The van der Waals surface area contributed by atoms with Gasteiger partial charge in [0.05, 0.1) is 5.56 Å². The first kappa shape index (κ1) is 16.6. The van der Waals surface area contributed by atoms with Gasteiger partial charge in [0.25, 0.3) is 0 Å². The molecule has 118 valence electrons. The summed E-state index contributed by atoms with van der Waals surface area (Å²) < 4.78 is 0. The fraction of sp³-hybridized carbons (Fsp3) is 0.150. The van der Waals surface area contributed by atoms with E-state index in [0.29, 0.717) is 18.4 Å². The van der Waals surface area contributed by atoms with Crippen LogP contribution in [0.5, 0.6) is 11.5 Å². The number of rotatable bonds is 6. The van der Waals surface area contributed by atoms with Crippen LogP contribution in [0.1, 0.15) is 34.8 Å². The van der Waals surface area contributed by atoms with Gasteiger partial charge < -0.3 is 10.2 Å². The van der Waals surface area contributed by atoms with Crippen LogP contribution in [0, 0.1) is 0 Å². The van der Waals surface area contributed by atoms with Gasteiger partial charge in [0, 0.05) is 5.56 Å². The molecule has 2 aromatic carbocycles. The molecule has 0 heterocycles. The molecule has 0 aliphatic carbocycles. The van der Waals surface area contributed by atoms with E-state index >= 15 is 0 Å². The third-order valence-electron chi connectivity index (χ3n) is 3.55. The number of aromatic hydroxyl groups is 2. The highest BCUT2D eigenvalue weighted by Crippen LogP contribution is 2.32. The molecule has 0 aliphatic rings. The first-order chi connectivity index (χ1) is 11.0. The number of allylic oxidation sites excluding steroid dienone is 2. The highest BCUT2D eigenvalue weighted by atomic mass is 16.3. The van der Waals surface area contributed by atoms with E-state index in [9.17, 15) is 15.0 Å². The number of hydrogen-bond acceptors (Lipinski definition) is 3. The number of phenolic OH excluding ortho intramolecular Hbond substituents is 2. The van der Waals surface area contributed by atoms with Gasteiger partial charge in [0.1, 0.15) is 11.5 Å². The van der Waals surface area contributed by atoms with Crippen LogP contribution in [0.3, 0.4) is 0 Å². The van der Waals surface area contributed by atoms with Crippen LogP contribution >= 0.6 is 0 Å². The SMILES string of the molecule is C=C(C)CCc1c(O)ccc(C(=O)/C=C/c2ccccc2)c1O. The second-order valence-electron chi connectivity index (χ2n) is 5.52. The highest BCUT2D eigenvalue weighted by Gasteiger charge is 2.15. The standard InChI is InChI=1S/C20H20O3/c1-14(2)8-10-16-19(22)13-11-17(20(16)23)18(21)12-9-15-6-4-3-5-7-15/h3-7,9,11-13,22-23H,1,8,10H2,2H3/b12-9+. The van der Waals surface area contributed by atoms with Crippen molar-refractivity contribution in [1.29, 1.82) is 0 Å². The molecule has 0 spiro atoms. The van der Waals surface area contributed by atoms with E-state index in [1.807, 2.05) is 37.3 Å². The van der Waals surface area contributed by atoms with E-state index in [1.165, 1.54) is 18.2 Å². The van der Waals surface area contributed by atoms with Crippen LogP contribution in [-0.2, 0) is 6.42 Å². The predicted octanol–water partition coefficient (Wildman–Crippen LogP) is 4.50. The van der Waals surface area contributed by atoms with Gasteiger partial charge in [-0.25, -0.2) is 0 Å². The summed E-state index contributed by atoms with van der Waals surface area (Å²) in [5.74, 6) is -0.468. The van der Waals surface area contributed by atoms with Gasteiger partial charge in [0.15, 0.2) is 5.78 Å². The number of phenols is 2. The minimum atomic E-state index is -0.303. The summed E-state index contributed by atoms with van der Waals surface area (Å²) in [7, 11) is 0. The molecule has 23 heavy (non-hydrogen) atoms. The third kappa shape index (κ3) is 4.33. The molecule has 2 aromatic rings. The summed E-state index contributed by atoms with van der Waals surface area (Å²) in [4.78, 5) is 12.3. The van der Waals surface area contributed by atoms with Crippen molar-refractivity contribution in [2.75, 3.05) is 0 Å². The molecule has 0 atom stereocenters. The molecule has 0 unspecified atom stereocenters. The fourth-order valence-corrected chi connectivity index (χ4v) is 2.24. The van der Waals surface area contributed by atoms with E-state index in [1.54, 1.807) is 6.08 Å². The third-order valence-corrected chi connectivity index (χ3v) is 3.55. The van der Waals surface area contributed by atoms with Crippen molar-refractivity contribution in [3.63, 3.8) is 0 Å². The molecule has 0 saturated carbocycles. The molecule has 0 aliphatic heterocycles. The molecule has 0 saturated heterocycles.